The molecule has 5 heteroatoms. The summed E-state index contributed by atoms with van der Waals surface area (Å²) >= 11 is 0. The first kappa shape index (κ1) is 13.2. The van der Waals surface area contributed by atoms with E-state index in [0.29, 0.717) is 24.4 Å². The number of aryl methyl sites for hydroxylation is 1. The number of aromatic nitrogens is 2. The summed E-state index contributed by atoms with van der Waals surface area (Å²) in [6.45, 7) is 3.44. The average Bonchev–Trinajstić information content (AvgIpc) is 3.21. The van der Waals surface area contributed by atoms with Crippen LogP contribution in [0.4, 0.5) is 4.39 Å². The van der Waals surface area contributed by atoms with E-state index in [2.05, 4.69) is 15.1 Å². The lowest BCUT2D eigenvalue weighted by Gasteiger charge is -2.20. The normalized spacial score (nSPS) is 14.9. The second-order valence-corrected chi connectivity index (χ2v) is 5.21. The quantitative estimate of drug-likeness (QED) is 0.813. The minimum Gasteiger partial charge on any atom is -0.424 e. The third kappa shape index (κ3) is 3.22. The van der Waals surface area contributed by atoms with E-state index in [9.17, 15) is 4.39 Å². The van der Waals surface area contributed by atoms with Crippen LogP contribution in [-0.4, -0.2) is 21.1 Å². The third-order valence-electron chi connectivity index (χ3n) is 3.51. The lowest BCUT2D eigenvalue weighted by Crippen LogP contribution is -2.25. The highest BCUT2D eigenvalue weighted by Gasteiger charge is 2.30. The zero-order valence-corrected chi connectivity index (χ0v) is 11.6. The first-order valence-electron chi connectivity index (χ1n) is 7.04. The van der Waals surface area contributed by atoms with Gasteiger partial charge in [-0.2, -0.15) is 0 Å². The standard InChI is InChI=1S/C15H18FN3O/c1-2-14-17-18-15(20-14)10-19(13-7-8-13)9-11-3-5-12(16)6-4-11/h3-6,13H,2,7-10H2,1H3. The minimum absolute atomic E-state index is 0.198. The Morgan fingerprint density at radius 1 is 1.15 bits per heavy atom. The van der Waals surface area contributed by atoms with Crippen molar-refractivity contribution in [2.75, 3.05) is 0 Å². The van der Waals surface area contributed by atoms with Gasteiger partial charge in [0.25, 0.3) is 0 Å². The fourth-order valence-corrected chi connectivity index (χ4v) is 2.25. The number of nitrogens with zero attached hydrogens (tertiary/aromatic N) is 3. The molecule has 106 valence electrons. The van der Waals surface area contributed by atoms with Crippen LogP contribution in [-0.2, 0) is 19.5 Å². The van der Waals surface area contributed by atoms with Crippen LogP contribution in [0, 0.1) is 5.82 Å². The summed E-state index contributed by atoms with van der Waals surface area (Å²) in [5.41, 5.74) is 1.11. The molecule has 1 saturated carbocycles. The number of hydrogen-bond acceptors (Lipinski definition) is 4. The molecule has 1 heterocycles. The van der Waals surface area contributed by atoms with Gasteiger partial charge >= 0.3 is 0 Å². The fourth-order valence-electron chi connectivity index (χ4n) is 2.25. The van der Waals surface area contributed by atoms with Gasteiger partial charge in [-0.1, -0.05) is 19.1 Å². The molecule has 1 aromatic heterocycles. The van der Waals surface area contributed by atoms with Crippen LogP contribution in [0.1, 0.15) is 37.1 Å². The Kier molecular flexibility index (Phi) is 3.78. The van der Waals surface area contributed by atoms with Gasteiger partial charge < -0.3 is 4.42 Å². The number of benzene rings is 1. The van der Waals surface area contributed by atoms with Crippen molar-refractivity contribution in [2.45, 2.75) is 45.3 Å². The highest BCUT2D eigenvalue weighted by atomic mass is 19.1. The van der Waals surface area contributed by atoms with E-state index in [1.807, 2.05) is 19.1 Å². The molecule has 1 fully saturated rings. The molecule has 0 amide bonds. The van der Waals surface area contributed by atoms with Crippen molar-refractivity contribution in [3.8, 4) is 0 Å². The largest absolute Gasteiger partial charge is 0.424 e. The van der Waals surface area contributed by atoms with E-state index in [0.717, 1.165) is 18.5 Å². The SMILES string of the molecule is CCc1nnc(CN(Cc2ccc(F)cc2)C2CC2)o1. The third-order valence-corrected chi connectivity index (χ3v) is 3.51. The van der Waals surface area contributed by atoms with Crippen LogP contribution in [0.15, 0.2) is 28.7 Å². The molecule has 0 unspecified atom stereocenters. The minimum atomic E-state index is -0.198. The summed E-state index contributed by atoms with van der Waals surface area (Å²) in [6.07, 6.45) is 3.17. The van der Waals surface area contributed by atoms with Crippen LogP contribution in [0.3, 0.4) is 0 Å². The van der Waals surface area contributed by atoms with Crippen LogP contribution in [0.25, 0.3) is 0 Å². The summed E-state index contributed by atoms with van der Waals surface area (Å²) in [7, 11) is 0. The van der Waals surface area contributed by atoms with Gasteiger partial charge in [0, 0.05) is 19.0 Å². The zero-order valence-electron chi connectivity index (χ0n) is 11.6. The second-order valence-electron chi connectivity index (χ2n) is 5.21. The van der Waals surface area contributed by atoms with E-state index in [4.69, 9.17) is 4.42 Å². The molecular formula is C15H18FN3O. The van der Waals surface area contributed by atoms with Gasteiger partial charge in [-0.3, -0.25) is 4.90 Å². The maximum Gasteiger partial charge on any atom is 0.230 e. The van der Waals surface area contributed by atoms with Crippen LogP contribution >= 0.6 is 0 Å². The molecule has 1 aliphatic rings. The maximum absolute atomic E-state index is 12.9. The van der Waals surface area contributed by atoms with Gasteiger partial charge in [0.2, 0.25) is 11.8 Å². The summed E-state index contributed by atoms with van der Waals surface area (Å²) in [6, 6.07) is 7.24. The topological polar surface area (TPSA) is 42.2 Å². The Morgan fingerprint density at radius 3 is 2.45 bits per heavy atom. The Balaban J connectivity index is 1.67. The molecule has 0 saturated heterocycles. The number of hydrogen-bond donors (Lipinski definition) is 0. The number of halogens is 1. The fraction of sp³-hybridized carbons (Fsp3) is 0.467. The molecule has 20 heavy (non-hydrogen) atoms. The molecule has 0 atom stereocenters. The van der Waals surface area contributed by atoms with Gasteiger partial charge in [-0.25, -0.2) is 4.39 Å². The van der Waals surface area contributed by atoms with E-state index in [-0.39, 0.29) is 5.82 Å². The highest BCUT2D eigenvalue weighted by molar-refractivity contribution is 5.16. The van der Waals surface area contributed by atoms with Crippen LogP contribution < -0.4 is 0 Å². The van der Waals surface area contributed by atoms with E-state index in [1.54, 1.807) is 0 Å². The molecule has 1 aromatic carbocycles. The van der Waals surface area contributed by atoms with Crippen LogP contribution in [0.2, 0.25) is 0 Å². The molecule has 0 N–H and O–H groups in total. The van der Waals surface area contributed by atoms with Crippen molar-refractivity contribution in [3.63, 3.8) is 0 Å². The molecule has 1 aliphatic carbocycles. The van der Waals surface area contributed by atoms with Gasteiger partial charge in [-0.05, 0) is 30.5 Å². The second kappa shape index (κ2) is 5.71. The lowest BCUT2D eigenvalue weighted by molar-refractivity contribution is 0.218. The molecule has 0 spiro atoms. The lowest BCUT2D eigenvalue weighted by atomic mass is 10.2. The summed E-state index contributed by atoms with van der Waals surface area (Å²) < 4.78 is 18.5. The average molecular weight is 275 g/mol. The van der Waals surface area contributed by atoms with Crippen molar-refractivity contribution >= 4 is 0 Å². The monoisotopic (exact) mass is 275 g/mol. The molecule has 3 rings (SSSR count). The van der Waals surface area contributed by atoms with Gasteiger partial charge in [0.1, 0.15) is 5.82 Å². The van der Waals surface area contributed by atoms with Gasteiger partial charge in [-0.15, -0.1) is 10.2 Å². The predicted molar refractivity (Wildman–Crippen MR) is 72.3 cm³/mol. The van der Waals surface area contributed by atoms with E-state index in [1.165, 1.54) is 25.0 Å². The number of rotatable bonds is 6. The first-order valence-corrected chi connectivity index (χ1v) is 7.04. The summed E-state index contributed by atoms with van der Waals surface area (Å²) in [4.78, 5) is 2.32. The van der Waals surface area contributed by atoms with Crippen molar-refractivity contribution in [3.05, 3.63) is 47.4 Å². The van der Waals surface area contributed by atoms with E-state index < -0.39 is 0 Å². The Morgan fingerprint density at radius 2 is 1.85 bits per heavy atom. The molecule has 0 radical (unpaired) electrons. The highest BCUT2D eigenvalue weighted by Crippen LogP contribution is 2.29. The smallest absolute Gasteiger partial charge is 0.230 e. The van der Waals surface area contributed by atoms with E-state index >= 15 is 0 Å². The Bertz CT molecular complexity index is 563. The van der Waals surface area contributed by atoms with Crippen molar-refractivity contribution in [1.29, 1.82) is 0 Å². The Labute approximate surface area is 117 Å². The molecular weight excluding hydrogens is 257 g/mol. The Hall–Kier alpha value is -1.75. The molecule has 2 aromatic rings. The molecule has 4 nitrogen and oxygen atoms in total. The van der Waals surface area contributed by atoms with Gasteiger partial charge in [0.15, 0.2) is 0 Å². The van der Waals surface area contributed by atoms with Crippen molar-refractivity contribution < 1.29 is 8.81 Å². The van der Waals surface area contributed by atoms with Crippen molar-refractivity contribution in [2.24, 2.45) is 0 Å². The van der Waals surface area contributed by atoms with Gasteiger partial charge in [0.05, 0.1) is 6.54 Å². The summed E-state index contributed by atoms with van der Waals surface area (Å²) in [5.74, 6) is 1.14. The zero-order chi connectivity index (χ0) is 13.9. The first-order chi connectivity index (χ1) is 9.74. The van der Waals surface area contributed by atoms with Crippen molar-refractivity contribution in [1.82, 2.24) is 15.1 Å². The molecule has 0 aliphatic heterocycles. The maximum atomic E-state index is 12.9. The summed E-state index contributed by atoms with van der Waals surface area (Å²) in [5, 5.41) is 8.07. The predicted octanol–water partition coefficient (Wildman–Crippen LogP) is 2.94. The van der Waals surface area contributed by atoms with Crippen LogP contribution in [0.5, 0.6) is 0 Å². The molecule has 0 bridgehead atoms.